The second-order valence-corrected chi connectivity index (χ2v) is 22.2. The average molecular weight is 1240 g/mol. The number of nitrogens with zero attached hydrogens (tertiary/aromatic N) is 6. The maximum atomic E-state index is 11.6. The standard InChI is InChI=1S/C10H24BN3O.C10H19N3O.C9H17N3O.C9H21N3.C6H11NO.C4H10BN2O.C4H8O.CH2Cl2.CH4.2ClH/c1-11(15)13-7-3-6-12-10-4-8-14(2)9-5-10;1-12-7-3-9(4-8-12)13-6-2-5-11-10(13)14;13-9-11-4-1-7-12(9)8-2-5-10-6-3-8;1-12-7-3-9(4-8-12)11-6-2-5-10;1-7-4-2-6(8)3-5-7;6-2-1-3-7-5-4-8;1-2-4-5-3-1;2-1-3;;;/h10,12-13,15H,3-9H2,1-2H3;9H,2-8H2,1H3,(H,11,14);8,10H,1-7H2,(H,11,13);9,11H,2-8,10H2,1H3;2-5H2,1H3;4,7H,1-3,6H2;1-4H2;1H2;1H4;2*1H. The highest BCUT2D eigenvalue weighted by Gasteiger charge is 2.29. The van der Waals surface area contributed by atoms with Crippen molar-refractivity contribution < 1.29 is 28.9 Å². The summed E-state index contributed by atoms with van der Waals surface area (Å²) >= 11 is 9.53. The van der Waals surface area contributed by atoms with Crippen LogP contribution < -0.4 is 48.5 Å². The number of alkyl halides is 2. The number of ether oxygens (including phenoxy) is 1. The van der Waals surface area contributed by atoms with Gasteiger partial charge in [0.2, 0.25) is 0 Å². The van der Waals surface area contributed by atoms with Gasteiger partial charge < -0.3 is 92.5 Å². The van der Waals surface area contributed by atoms with Gasteiger partial charge in [-0.1, -0.05) is 7.43 Å². The minimum Gasteiger partial charge on any atom is -0.437 e. The van der Waals surface area contributed by atoms with Gasteiger partial charge in [0.15, 0.2) is 0 Å². The van der Waals surface area contributed by atoms with Crippen LogP contribution in [0.25, 0.3) is 0 Å². The Labute approximate surface area is 516 Å². The number of Topliss-reactive ketones (excluding diaryl/α,β-unsaturated/α-hetero) is 1. The average Bonchev–Trinajstić information content (AvgIpc) is 4.05. The van der Waals surface area contributed by atoms with E-state index >= 15 is 0 Å². The largest absolute Gasteiger partial charge is 0.437 e. The van der Waals surface area contributed by atoms with Crippen molar-refractivity contribution in [1.82, 2.24) is 66.4 Å². The van der Waals surface area contributed by atoms with Crippen molar-refractivity contribution in [2.75, 3.05) is 178 Å². The molecule has 8 fully saturated rings. The van der Waals surface area contributed by atoms with Gasteiger partial charge in [-0.2, -0.15) is 0 Å². The number of nitrogens with one attached hydrogen (secondary N) is 7. The summed E-state index contributed by atoms with van der Waals surface area (Å²) < 4.78 is 4.94. The highest BCUT2D eigenvalue weighted by molar-refractivity contribution is 6.64. The molecule has 8 heterocycles. The normalized spacial score (nSPS) is 20.4. The molecule has 0 aliphatic carbocycles. The Hall–Kier alpha value is -1.35. The van der Waals surface area contributed by atoms with Crippen LogP contribution in [0.15, 0.2) is 0 Å². The third-order valence-electron chi connectivity index (χ3n) is 14.7. The molecule has 4 amide bonds. The summed E-state index contributed by atoms with van der Waals surface area (Å²) in [5, 5.41) is 31.2. The monoisotopic (exact) mass is 1230 g/mol. The number of hydrogen-bond acceptors (Lipinski definition) is 17. The molecule has 8 saturated heterocycles. The first kappa shape index (κ1) is 83.9. The molecule has 0 bridgehead atoms. The minimum absolute atomic E-state index is 0. The number of hydrogen-bond donors (Lipinski definition) is 10. The summed E-state index contributed by atoms with van der Waals surface area (Å²) in [6.45, 7) is 23.8. The van der Waals surface area contributed by atoms with Crippen molar-refractivity contribution in [1.29, 1.82) is 0 Å². The smallest absolute Gasteiger partial charge is 0.373 e. The number of carbonyl (C=O) groups is 4. The van der Waals surface area contributed by atoms with Crippen molar-refractivity contribution in [3.05, 3.63) is 0 Å². The third kappa shape index (κ3) is 46.5. The number of likely N-dealkylation sites (tertiary alicyclic amines) is 4. The van der Waals surface area contributed by atoms with Crippen LogP contribution in [0.2, 0.25) is 6.82 Å². The highest BCUT2D eigenvalue weighted by atomic mass is 35.5. The SMILES string of the molecule is C.C1CCOC1.CB(O)NCCCNC1CCN(C)CC1.CN1CCC(=O)CC1.CN1CCC(N2CCCNC2=O)CC1.CN1CCC(NCCCN)CC1.Cl.Cl.ClCCl.NCCCN[B]C=O.O=C1NCCCN1C1CCNCC1. The first-order valence-electron chi connectivity index (χ1n) is 29.8. The van der Waals surface area contributed by atoms with E-state index in [2.05, 4.69) is 77.8 Å². The van der Waals surface area contributed by atoms with E-state index in [1.807, 2.05) is 16.8 Å². The van der Waals surface area contributed by atoms with Crippen molar-refractivity contribution >= 4 is 86.5 Å². The van der Waals surface area contributed by atoms with Crippen LogP contribution in [-0.4, -0.2) is 275 Å². The van der Waals surface area contributed by atoms with Crippen molar-refractivity contribution in [3.63, 3.8) is 0 Å². The van der Waals surface area contributed by atoms with Crippen molar-refractivity contribution in [2.45, 2.75) is 148 Å². The van der Waals surface area contributed by atoms with E-state index in [0.29, 0.717) is 30.5 Å². The molecule has 479 valence electrons. The molecule has 1 radical (unpaired) electrons. The Balaban J connectivity index is -0.000000880. The fourth-order valence-electron chi connectivity index (χ4n) is 9.67. The van der Waals surface area contributed by atoms with Gasteiger partial charge in [-0.05, 0) is 223 Å². The fourth-order valence-corrected chi connectivity index (χ4v) is 9.67. The minimum atomic E-state index is -0.381. The first-order chi connectivity index (χ1) is 37.8. The van der Waals surface area contributed by atoms with Gasteiger partial charge in [0.1, 0.15) is 5.78 Å². The van der Waals surface area contributed by atoms with E-state index in [1.54, 1.807) is 6.82 Å². The number of urea groups is 2. The summed E-state index contributed by atoms with van der Waals surface area (Å²) in [5.74, 6) is 0.420. The molecule has 8 rings (SSSR count). The highest BCUT2D eigenvalue weighted by Crippen LogP contribution is 2.18. The van der Waals surface area contributed by atoms with Crippen LogP contribution in [0.3, 0.4) is 0 Å². The lowest BCUT2D eigenvalue weighted by atomic mass is 9.89. The van der Waals surface area contributed by atoms with E-state index in [-0.39, 0.29) is 56.7 Å². The summed E-state index contributed by atoms with van der Waals surface area (Å²) in [7, 11) is 9.56. The van der Waals surface area contributed by atoms with E-state index in [1.165, 1.54) is 72.1 Å². The first-order valence-corrected chi connectivity index (χ1v) is 30.9. The molecule has 0 aromatic rings. The Kier molecular flexibility index (Phi) is 59.7. The molecule has 0 aromatic heterocycles. The molecule has 0 aromatic carbocycles. The van der Waals surface area contributed by atoms with E-state index in [9.17, 15) is 19.2 Å². The summed E-state index contributed by atoms with van der Waals surface area (Å²) in [4.78, 5) is 56.6. The number of ketones is 1. The zero-order valence-corrected chi connectivity index (χ0v) is 53.4. The molecule has 27 heteroatoms. The lowest BCUT2D eigenvalue weighted by molar-refractivity contribution is -0.121. The van der Waals surface area contributed by atoms with Crippen LogP contribution in [-0.2, 0) is 14.3 Å². The van der Waals surface area contributed by atoms with E-state index in [4.69, 9.17) is 44.4 Å². The van der Waals surface area contributed by atoms with Gasteiger partial charge in [0.05, 0.1) is 11.5 Å². The number of halogens is 4. The Morgan fingerprint density at radius 1 is 0.617 bits per heavy atom. The summed E-state index contributed by atoms with van der Waals surface area (Å²) in [6.07, 6.45) is 19.7. The van der Waals surface area contributed by atoms with E-state index < -0.39 is 0 Å². The molecule has 0 saturated carbocycles. The van der Waals surface area contributed by atoms with Gasteiger partial charge in [0, 0.05) is 89.5 Å². The van der Waals surface area contributed by atoms with Crippen LogP contribution in [0.5, 0.6) is 0 Å². The summed E-state index contributed by atoms with van der Waals surface area (Å²) in [5.41, 5.74) is 10.6. The van der Waals surface area contributed by atoms with Crippen LogP contribution in [0.4, 0.5) is 9.59 Å². The van der Waals surface area contributed by atoms with Crippen LogP contribution in [0, 0.1) is 0 Å². The topological polar surface area (TPSA) is 253 Å². The Bertz CT molecular complexity index is 1430. The number of rotatable bonds is 17. The lowest BCUT2D eigenvalue weighted by Gasteiger charge is -2.39. The molecule has 0 spiro atoms. The number of amides is 4. The molecule has 81 heavy (non-hydrogen) atoms. The predicted molar refractivity (Wildman–Crippen MR) is 347 cm³/mol. The molecule has 12 N–H and O–H groups in total. The predicted octanol–water partition coefficient (Wildman–Crippen LogP) is 3.14. The van der Waals surface area contributed by atoms with Crippen LogP contribution in [0.1, 0.15) is 117 Å². The Morgan fingerprint density at radius 2 is 1.02 bits per heavy atom. The molecular formula is C54H118B2Cl4N15O6. The number of nitrogens with two attached hydrogens (primary N) is 2. The molecule has 8 aliphatic heterocycles. The fraction of sp³-hybridized carbons (Fsp3) is 0.926. The molecular weight excluding hydrogens is 1120 g/mol. The maximum absolute atomic E-state index is 11.6. The molecule has 8 aliphatic rings. The zero-order valence-electron chi connectivity index (χ0n) is 50.2. The molecule has 0 atom stereocenters. The van der Waals surface area contributed by atoms with Gasteiger partial charge >= 0.3 is 19.1 Å². The molecule has 21 nitrogen and oxygen atoms in total. The second kappa shape index (κ2) is 57.7. The van der Waals surface area contributed by atoms with Gasteiger partial charge in [-0.15, -0.1) is 48.0 Å². The van der Waals surface area contributed by atoms with Crippen molar-refractivity contribution in [2.24, 2.45) is 11.5 Å². The maximum Gasteiger partial charge on any atom is 0.373 e. The number of carbonyl (C=O) groups excluding carboxylic acids is 4. The van der Waals surface area contributed by atoms with Gasteiger partial charge in [-0.25, -0.2) is 9.59 Å². The number of piperidine rings is 5. The van der Waals surface area contributed by atoms with Crippen LogP contribution >= 0.6 is 48.0 Å². The molecule has 0 unspecified atom stereocenters. The quantitative estimate of drug-likeness (QED) is 0.0435. The van der Waals surface area contributed by atoms with E-state index in [0.717, 1.165) is 194 Å². The summed E-state index contributed by atoms with van der Waals surface area (Å²) in [6, 6.07) is 2.68. The van der Waals surface area contributed by atoms with Gasteiger partial charge in [-0.3, -0.25) is 4.79 Å². The zero-order chi connectivity index (χ0) is 57.4. The van der Waals surface area contributed by atoms with Gasteiger partial charge in [0.25, 0.3) is 7.41 Å². The van der Waals surface area contributed by atoms with Crippen molar-refractivity contribution in [3.8, 4) is 0 Å². The lowest BCUT2D eigenvalue weighted by Crippen LogP contribution is -2.53. The Morgan fingerprint density at radius 3 is 1.41 bits per heavy atom. The second-order valence-electron chi connectivity index (χ2n) is 21.4. The third-order valence-corrected chi connectivity index (χ3v) is 14.7.